The van der Waals surface area contributed by atoms with Gasteiger partial charge in [-0.25, -0.2) is 4.79 Å². The van der Waals surface area contributed by atoms with E-state index in [1.54, 1.807) is 19.2 Å². The summed E-state index contributed by atoms with van der Waals surface area (Å²) in [5.74, 6) is 0.388. The van der Waals surface area contributed by atoms with E-state index in [0.29, 0.717) is 24.4 Å². The molecule has 0 unspecified atom stereocenters. The van der Waals surface area contributed by atoms with Crippen LogP contribution in [0.5, 0.6) is 5.75 Å². The average Bonchev–Trinajstić information content (AvgIpc) is 2.66. The first-order valence-corrected chi connectivity index (χ1v) is 8.66. The lowest BCUT2D eigenvalue weighted by molar-refractivity contribution is -0.124. The molecule has 0 radical (unpaired) electrons. The van der Waals surface area contributed by atoms with Gasteiger partial charge in [-0.15, -0.1) is 0 Å². The quantitative estimate of drug-likeness (QED) is 0.738. The van der Waals surface area contributed by atoms with Crippen LogP contribution in [0.1, 0.15) is 41.3 Å². The molecule has 5 heteroatoms. The molecule has 5 nitrogen and oxygen atoms in total. The SMILES string of the molecule is COc1ccc(CCNC(=O)COC(=O)c2ccc(C(C)C)cc2)cc1. The second-order valence-corrected chi connectivity index (χ2v) is 6.30. The van der Waals surface area contributed by atoms with Gasteiger partial charge < -0.3 is 14.8 Å². The van der Waals surface area contributed by atoms with E-state index in [2.05, 4.69) is 19.2 Å². The number of benzene rings is 2. The van der Waals surface area contributed by atoms with Crippen LogP contribution in [0, 0.1) is 0 Å². The molecule has 1 N–H and O–H groups in total. The Morgan fingerprint density at radius 2 is 1.65 bits per heavy atom. The van der Waals surface area contributed by atoms with Gasteiger partial charge >= 0.3 is 5.97 Å². The van der Waals surface area contributed by atoms with E-state index >= 15 is 0 Å². The number of nitrogens with one attached hydrogen (secondary N) is 1. The van der Waals surface area contributed by atoms with Crippen molar-refractivity contribution in [3.63, 3.8) is 0 Å². The third kappa shape index (κ3) is 5.92. The summed E-state index contributed by atoms with van der Waals surface area (Å²) in [6.45, 7) is 4.37. The fourth-order valence-corrected chi connectivity index (χ4v) is 2.41. The topological polar surface area (TPSA) is 64.6 Å². The highest BCUT2D eigenvalue weighted by Gasteiger charge is 2.10. The largest absolute Gasteiger partial charge is 0.497 e. The lowest BCUT2D eigenvalue weighted by atomic mass is 10.0. The maximum atomic E-state index is 12.0. The number of esters is 1. The molecular formula is C21H25NO4. The van der Waals surface area contributed by atoms with E-state index in [4.69, 9.17) is 9.47 Å². The Kier molecular flexibility index (Phi) is 7.21. The van der Waals surface area contributed by atoms with E-state index in [9.17, 15) is 9.59 Å². The Morgan fingerprint density at radius 1 is 1.00 bits per heavy atom. The normalized spacial score (nSPS) is 10.5. The van der Waals surface area contributed by atoms with Gasteiger partial charge in [-0.05, 0) is 47.7 Å². The number of rotatable bonds is 8. The van der Waals surface area contributed by atoms with E-state index in [1.165, 1.54) is 0 Å². The molecule has 0 saturated heterocycles. The van der Waals surface area contributed by atoms with Gasteiger partial charge in [0.25, 0.3) is 5.91 Å². The standard InChI is InChI=1S/C21H25NO4/c1-15(2)17-6-8-18(9-7-17)21(24)26-14-20(23)22-13-12-16-4-10-19(25-3)11-5-16/h4-11,15H,12-14H2,1-3H3,(H,22,23). The van der Waals surface area contributed by atoms with Crippen LogP contribution in [0.15, 0.2) is 48.5 Å². The molecule has 138 valence electrons. The van der Waals surface area contributed by atoms with E-state index < -0.39 is 5.97 Å². The maximum Gasteiger partial charge on any atom is 0.338 e. The predicted octanol–water partition coefficient (Wildman–Crippen LogP) is 3.33. The molecule has 0 fully saturated rings. The minimum atomic E-state index is -0.495. The molecule has 2 aromatic carbocycles. The minimum Gasteiger partial charge on any atom is -0.497 e. The molecule has 26 heavy (non-hydrogen) atoms. The number of ether oxygens (including phenoxy) is 2. The number of carbonyl (C=O) groups is 2. The van der Waals surface area contributed by atoms with Crippen LogP contribution in [0.25, 0.3) is 0 Å². The van der Waals surface area contributed by atoms with Crippen LogP contribution in [0.3, 0.4) is 0 Å². The summed E-state index contributed by atoms with van der Waals surface area (Å²) in [5.41, 5.74) is 2.69. The summed E-state index contributed by atoms with van der Waals surface area (Å²) in [4.78, 5) is 23.8. The minimum absolute atomic E-state index is 0.284. The van der Waals surface area contributed by atoms with Crippen molar-refractivity contribution >= 4 is 11.9 Å². The van der Waals surface area contributed by atoms with E-state index in [1.807, 2.05) is 36.4 Å². The Labute approximate surface area is 154 Å². The molecule has 2 aromatic rings. The highest BCUT2D eigenvalue weighted by Crippen LogP contribution is 2.15. The molecule has 1 amide bonds. The highest BCUT2D eigenvalue weighted by molar-refractivity contribution is 5.91. The van der Waals surface area contributed by atoms with Crippen molar-refractivity contribution in [2.45, 2.75) is 26.2 Å². The molecule has 0 aliphatic carbocycles. The molecule has 0 aliphatic heterocycles. The van der Waals surface area contributed by atoms with Crippen molar-refractivity contribution in [3.05, 3.63) is 65.2 Å². The monoisotopic (exact) mass is 355 g/mol. The molecular weight excluding hydrogens is 330 g/mol. The molecule has 0 spiro atoms. The summed E-state index contributed by atoms with van der Waals surface area (Å²) in [6, 6.07) is 14.9. The van der Waals surface area contributed by atoms with Crippen LogP contribution < -0.4 is 10.1 Å². The highest BCUT2D eigenvalue weighted by atomic mass is 16.5. The predicted molar refractivity (Wildman–Crippen MR) is 101 cm³/mol. The first-order chi connectivity index (χ1) is 12.5. The van der Waals surface area contributed by atoms with Gasteiger partial charge in [-0.3, -0.25) is 4.79 Å². The van der Waals surface area contributed by atoms with Crippen molar-refractivity contribution < 1.29 is 19.1 Å². The van der Waals surface area contributed by atoms with Gasteiger partial charge in [0.2, 0.25) is 0 Å². The smallest absolute Gasteiger partial charge is 0.338 e. The van der Waals surface area contributed by atoms with Crippen molar-refractivity contribution in [2.24, 2.45) is 0 Å². The lowest BCUT2D eigenvalue weighted by Crippen LogP contribution is -2.30. The lowest BCUT2D eigenvalue weighted by Gasteiger charge is -2.08. The van der Waals surface area contributed by atoms with E-state index in [0.717, 1.165) is 16.9 Å². The number of methoxy groups -OCH3 is 1. The van der Waals surface area contributed by atoms with Gasteiger partial charge in [0.15, 0.2) is 6.61 Å². The summed E-state index contributed by atoms with van der Waals surface area (Å²) >= 11 is 0. The summed E-state index contributed by atoms with van der Waals surface area (Å²) in [7, 11) is 1.62. The third-order valence-corrected chi connectivity index (χ3v) is 4.04. The number of hydrogen-bond donors (Lipinski definition) is 1. The summed E-state index contributed by atoms with van der Waals surface area (Å²) < 4.78 is 10.2. The van der Waals surface area contributed by atoms with Crippen molar-refractivity contribution in [3.8, 4) is 5.75 Å². The molecule has 0 heterocycles. The first kappa shape index (κ1) is 19.5. The second-order valence-electron chi connectivity index (χ2n) is 6.30. The molecule has 0 atom stereocenters. The third-order valence-electron chi connectivity index (χ3n) is 4.04. The Hall–Kier alpha value is -2.82. The van der Waals surface area contributed by atoms with Crippen molar-refractivity contribution in [2.75, 3.05) is 20.3 Å². The zero-order chi connectivity index (χ0) is 18.9. The average molecular weight is 355 g/mol. The van der Waals surface area contributed by atoms with Crippen LogP contribution >= 0.6 is 0 Å². The van der Waals surface area contributed by atoms with Crippen LogP contribution in [0.4, 0.5) is 0 Å². The van der Waals surface area contributed by atoms with Crippen LogP contribution in [-0.2, 0) is 16.0 Å². The Balaban J connectivity index is 1.71. The Morgan fingerprint density at radius 3 is 2.23 bits per heavy atom. The molecule has 0 aliphatic rings. The molecule has 2 rings (SSSR count). The Bertz CT molecular complexity index is 721. The molecule has 0 aromatic heterocycles. The van der Waals surface area contributed by atoms with E-state index in [-0.39, 0.29) is 12.5 Å². The fraction of sp³-hybridized carbons (Fsp3) is 0.333. The molecule has 0 bridgehead atoms. The van der Waals surface area contributed by atoms with Gasteiger partial charge in [-0.2, -0.15) is 0 Å². The fourth-order valence-electron chi connectivity index (χ4n) is 2.41. The first-order valence-electron chi connectivity index (χ1n) is 8.66. The van der Waals surface area contributed by atoms with Gasteiger partial charge in [0.05, 0.1) is 12.7 Å². The summed E-state index contributed by atoms with van der Waals surface area (Å²) in [6.07, 6.45) is 0.695. The number of carbonyl (C=O) groups excluding carboxylic acids is 2. The number of amides is 1. The zero-order valence-electron chi connectivity index (χ0n) is 15.5. The molecule has 0 saturated carbocycles. The van der Waals surface area contributed by atoms with Crippen LogP contribution in [-0.4, -0.2) is 32.1 Å². The zero-order valence-corrected chi connectivity index (χ0v) is 15.5. The summed E-state index contributed by atoms with van der Waals surface area (Å²) in [5, 5.41) is 2.74. The van der Waals surface area contributed by atoms with Gasteiger partial charge in [-0.1, -0.05) is 38.1 Å². The number of hydrogen-bond acceptors (Lipinski definition) is 4. The van der Waals surface area contributed by atoms with Crippen molar-refractivity contribution in [1.82, 2.24) is 5.32 Å². The maximum absolute atomic E-state index is 12.0. The van der Waals surface area contributed by atoms with Crippen LogP contribution in [0.2, 0.25) is 0 Å². The second kappa shape index (κ2) is 9.61. The van der Waals surface area contributed by atoms with Gasteiger partial charge in [0.1, 0.15) is 5.75 Å². The van der Waals surface area contributed by atoms with Crippen molar-refractivity contribution in [1.29, 1.82) is 0 Å². The van der Waals surface area contributed by atoms with Gasteiger partial charge in [0, 0.05) is 6.54 Å².